The highest BCUT2D eigenvalue weighted by Crippen LogP contribution is 2.06. The largest absolute Gasteiger partial charge is 0.352 e. The van der Waals surface area contributed by atoms with Gasteiger partial charge in [-0.05, 0) is 44.4 Å². The number of azide groups is 1. The van der Waals surface area contributed by atoms with Crippen molar-refractivity contribution in [1.29, 1.82) is 0 Å². The van der Waals surface area contributed by atoms with Gasteiger partial charge in [0.1, 0.15) is 0 Å². The molecule has 18 heavy (non-hydrogen) atoms. The van der Waals surface area contributed by atoms with Gasteiger partial charge in [0.25, 0.3) is 5.91 Å². The molecule has 1 aromatic rings. The van der Waals surface area contributed by atoms with Crippen molar-refractivity contribution >= 4 is 5.91 Å². The molecule has 0 atom stereocenters. The fourth-order valence-electron chi connectivity index (χ4n) is 1.58. The summed E-state index contributed by atoms with van der Waals surface area (Å²) < 4.78 is 0. The van der Waals surface area contributed by atoms with E-state index < -0.39 is 0 Å². The van der Waals surface area contributed by atoms with Crippen LogP contribution in [0, 0.1) is 13.8 Å². The van der Waals surface area contributed by atoms with Gasteiger partial charge in [-0.1, -0.05) is 5.11 Å². The molecule has 0 fully saturated rings. The number of carbonyl (C=O) groups excluding carboxylic acids is 1. The number of amides is 1. The molecule has 0 aliphatic carbocycles. The van der Waals surface area contributed by atoms with E-state index >= 15 is 0 Å². The molecule has 0 spiro atoms. The molecule has 96 valence electrons. The highest BCUT2D eigenvalue weighted by atomic mass is 16.1. The smallest absolute Gasteiger partial charge is 0.253 e. The van der Waals surface area contributed by atoms with E-state index in [1.807, 2.05) is 19.9 Å². The van der Waals surface area contributed by atoms with E-state index in [0.29, 0.717) is 18.7 Å². The third-order valence-corrected chi connectivity index (χ3v) is 2.50. The van der Waals surface area contributed by atoms with Crippen LogP contribution in [-0.2, 0) is 0 Å². The van der Waals surface area contributed by atoms with Gasteiger partial charge in [0.15, 0.2) is 0 Å². The second-order valence-corrected chi connectivity index (χ2v) is 4.00. The summed E-state index contributed by atoms with van der Waals surface area (Å²) in [6.07, 6.45) is 1.57. The number of hydrogen-bond donors (Lipinski definition) is 1. The molecule has 0 saturated heterocycles. The Morgan fingerprint density at radius 3 is 2.89 bits per heavy atom. The van der Waals surface area contributed by atoms with Gasteiger partial charge in [-0.3, -0.25) is 9.78 Å². The first kappa shape index (κ1) is 14.0. The first-order chi connectivity index (χ1) is 8.65. The van der Waals surface area contributed by atoms with Crippen LogP contribution in [0.5, 0.6) is 0 Å². The van der Waals surface area contributed by atoms with Crippen molar-refractivity contribution in [3.63, 3.8) is 0 Å². The Labute approximate surface area is 106 Å². The van der Waals surface area contributed by atoms with E-state index in [1.54, 1.807) is 6.07 Å². The van der Waals surface area contributed by atoms with E-state index in [1.165, 1.54) is 0 Å². The fourth-order valence-corrected chi connectivity index (χ4v) is 1.58. The minimum Gasteiger partial charge on any atom is -0.352 e. The molecule has 1 amide bonds. The Kier molecular flexibility index (Phi) is 5.67. The normalized spacial score (nSPS) is 9.67. The van der Waals surface area contributed by atoms with Crippen molar-refractivity contribution in [2.75, 3.05) is 13.1 Å². The lowest BCUT2D eigenvalue weighted by Gasteiger charge is -2.07. The molecule has 1 N–H and O–H groups in total. The number of hydrogen-bond acceptors (Lipinski definition) is 3. The van der Waals surface area contributed by atoms with E-state index in [4.69, 9.17) is 5.53 Å². The van der Waals surface area contributed by atoms with Crippen molar-refractivity contribution in [3.8, 4) is 0 Å². The van der Waals surface area contributed by atoms with E-state index in [0.717, 1.165) is 24.2 Å². The lowest BCUT2D eigenvalue weighted by molar-refractivity contribution is 0.0952. The maximum atomic E-state index is 11.8. The predicted octanol–water partition coefficient (Wildman–Crippen LogP) is 2.52. The maximum Gasteiger partial charge on any atom is 0.253 e. The zero-order valence-electron chi connectivity index (χ0n) is 10.7. The molecule has 1 rings (SSSR count). The van der Waals surface area contributed by atoms with Crippen LogP contribution in [0.15, 0.2) is 17.2 Å². The number of carbonyl (C=O) groups is 1. The van der Waals surface area contributed by atoms with Crippen LogP contribution in [0.3, 0.4) is 0 Å². The van der Waals surface area contributed by atoms with Gasteiger partial charge < -0.3 is 5.32 Å². The number of unbranched alkanes of at least 4 members (excludes halogenated alkanes) is 1. The number of nitrogens with one attached hydrogen (secondary N) is 1. The standard InChI is InChI=1S/C12H17N5O/c1-9-5-6-11(10(2)16-9)12(18)14-7-3-4-8-15-17-13/h5-6H,3-4,7-8H2,1-2H3,(H,14,18). The number of aryl methyl sites for hydroxylation is 2. The Balaban J connectivity index is 2.38. The van der Waals surface area contributed by atoms with E-state index in [-0.39, 0.29) is 5.91 Å². The predicted molar refractivity (Wildman–Crippen MR) is 69.3 cm³/mol. The van der Waals surface area contributed by atoms with Crippen LogP contribution in [0.4, 0.5) is 0 Å². The van der Waals surface area contributed by atoms with Crippen LogP contribution < -0.4 is 5.32 Å². The van der Waals surface area contributed by atoms with Crippen LogP contribution in [0.2, 0.25) is 0 Å². The maximum absolute atomic E-state index is 11.8. The molecule has 1 heterocycles. The zero-order valence-corrected chi connectivity index (χ0v) is 10.7. The van der Waals surface area contributed by atoms with E-state index in [2.05, 4.69) is 20.3 Å². The monoisotopic (exact) mass is 247 g/mol. The average molecular weight is 247 g/mol. The van der Waals surface area contributed by atoms with Gasteiger partial charge in [0, 0.05) is 23.7 Å². The van der Waals surface area contributed by atoms with Crippen molar-refractivity contribution in [1.82, 2.24) is 10.3 Å². The first-order valence-corrected chi connectivity index (χ1v) is 5.88. The number of aromatic nitrogens is 1. The zero-order chi connectivity index (χ0) is 13.4. The SMILES string of the molecule is Cc1ccc(C(=O)NCCCCN=[N+]=[N-])c(C)n1. The molecule has 0 saturated carbocycles. The van der Waals surface area contributed by atoms with Crippen LogP contribution in [-0.4, -0.2) is 24.0 Å². The molecule has 0 aliphatic heterocycles. The molecule has 0 aliphatic rings. The summed E-state index contributed by atoms with van der Waals surface area (Å²) >= 11 is 0. The molecule has 0 radical (unpaired) electrons. The number of rotatable bonds is 6. The molecule has 0 unspecified atom stereocenters. The third kappa shape index (κ3) is 4.43. The van der Waals surface area contributed by atoms with Gasteiger partial charge in [-0.15, -0.1) is 0 Å². The molecule has 0 bridgehead atoms. The summed E-state index contributed by atoms with van der Waals surface area (Å²) in [6, 6.07) is 3.61. The Bertz CT molecular complexity index is 466. The van der Waals surface area contributed by atoms with Crippen LogP contribution in [0.25, 0.3) is 10.4 Å². The minimum atomic E-state index is -0.108. The lowest BCUT2D eigenvalue weighted by Crippen LogP contribution is -2.25. The van der Waals surface area contributed by atoms with Crippen molar-refractivity contribution < 1.29 is 4.79 Å². The van der Waals surface area contributed by atoms with Gasteiger partial charge in [-0.25, -0.2) is 0 Å². The topological polar surface area (TPSA) is 90.8 Å². The molecule has 6 heteroatoms. The second kappa shape index (κ2) is 7.29. The lowest BCUT2D eigenvalue weighted by atomic mass is 10.1. The van der Waals surface area contributed by atoms with E-state index in [9.17, 15) is 4.79 Å². The van der Waals surface area contributed by atoms with Crippen LogP contribution in [0.1, 0.15) is 34.6 Å². The molecule has 6 nitrogen and oxygen atoms in total. The molecule has 1 aromatic heterocycles. The summed E-state index contributed by atoms with van der Waals surface area (Å²) in [4.78, 5) is 18.7. The highest BCUT2D eigenvalue weighted by molar-refractivity contribution is 5.95. The van der Waals surface area contributed by atoms with Crippen molar-refractivity contribution in [3.05, 3.63) is 39.5 Å². The summed E-state index contributed by atoms with van der Waals surface area (Å²) in [5.74, 6) is -0.108. The van der Waals surface area contributed by atoms with Gasteiger partial charge in [0.2, 0.25) is 0 Å². The third-order valence-electron chi connectivity index (χ3n) is 2.50. The fraction of sp³-hybridized carbons (Fsp3) is 0.500. The Morgan fingerprint density at radius 1 is 1.44 bits per heavy atom. The van der Waals surface area contributed by atoms with Crippen LogP contribution >= 0.6 is 0 Å². The van der Waals surface area contributed by atoms with Gasteiger partial charge >= 0.3 is 0 Å². The van der Waals surface area contributed by atoms with Crippen molar-refractivity contribution in [2.24, 2.45) is 5.11 Å². The molecule has 0 aromatic carbocycles. The summed E-state index contributed by atoms with van der Waals surface area (Å²) in [6.45, 7) is 4.76. The quantitative estimate of drug-likeness (QED) is 0.362. The summed E-state index contributed by atoms with van der Waals surface area (Å²) in [5, 5.41) is 6.25. The highest BCUT2D eigenvalue weighted by Gasteiger charge is 2.08. The summed E-state index contributed by atoms with van der Waals surface area (Å²) in [7, 11) is 0. The van der Waals surface area contributed by atoms with Gasteiger partial charge in [0.05, 0.1) is 11.3 Å². The van der Waals surface area contributed by atoms with Crippen molar-refractivity contribution in [2.45, 2.75) is 26.7 Å². The minimum absolute atomic E-state index is 0.108. The number of nitrogens with zero attached hydrogens (tertiary/aromatic N) is 4. The van der Waals surface area contributed by atoms with Gasteiger partial charge in [-0.2, -0.15) is 0 Å². The molecular weight excluding hydrogens is 230 g/mol. The second-order valence-electron chi connectivity index (χ2n) is 4.00. The first-order valence-electron chi connectivity index (χ1n) is 5.88. The Morgan fingerprint density at radius 2 is 2.22 bits per heavy atom. The number of pyridine rings is 1. The average Bonchev–Trinajstić information content (AvgIpc) is 2.33. The summed E-state index contributed by atoms with van der Waals surface area (Å²) in [5.41, 5.74) is 10.3. The Hall–Kier alpha value is -2.07. The molecular formula is C12H17N5O.